The highest BCUT2D eigenvalue weighted by atomic mass is 16.6. The van der Waals surface area contributed by atoms with Gasteiger partial charge in [0.1, 0.15) is 18.2 Å². The summed E-state index contributed by atoms with van der Waals surface area (Å²) in [5.74, 6) is -1.30. The molecule has 4 rings (SSSR count). The molecule has 1 aliphatic carbocycles. The number of carbonyl (C=O) groups is 3. The van der Waals surface area contributed by atoms with E-state index >= 15 is 0 Å². The molecule has 0 spiro atoms. The first-order chi connectivity index (χ1) is 17.1. The topological polar surface area (TPSA) is 120 Å². The van der Waals surface area contributed by atoms with Gasteiger partial charge in [-0.3, -0.25) is 0 Å². The van der Waals surface area contributed by atoms with E-state index in [0.717, 1.165) is 26.9 Å². The average Bonchev–Trinajstić information content (AvgIpc) is 3.42. The van der Waals surface area contributed by atoms with Crippen molar-refractivity contribution in [1.29, 1.82) is 0 Å². The second-order valence-corrected chi connectivity index (χ2v) is 9.67. The van der Waals surface area contributed by atoms with Crippen LogP contribution in [0, 0.1) is 0 Å². The van der Waals surface area contributed by atoms with Crippen molar-refractivity contribution in [2.45, 2.75) is 51.2 Å². The molecule has 2 aromatic carbocycles. The van der Waals surface area contributed by atoms with Crippen LogP contribution in [0.2, 0.25) is 0 Å². The van der Waals surface area contributed by atoms with Crippen LogP contribution in [-0.4, -0.2) is 51.3 Å². The number of alkyl carbamates (subject to hydrolysis) is 1. The number of amides is 1. The third kappa shape index (κ3) is 5.73. The maximum absolute atomic E-state index is 12.5. The second-order valence-electron chi connectivity index (χ2n) is 9.67. The molecule has 0 saturated heterocycles. The van der Waals surface area contributed by atoms with E-state index in [1.165, 1.54) is 12.4 Å². The van der Waals surface area contributed by atoms with Gasteiger partial charge in [0.2, 0.25) is 0 Å². The van der Waals surface area contributed by atoms with E-state index in [1.54, 1.807) is 20.8 Å². The molecule has 188 valence electrons. The van der Waals surface area contributed by atoms with Gasteiger partial charge in [-0.1, -0.05) is 48.5 Å². The number of carboxylic acid groups (broad SMARTS) is 1. The largest absolute Gasteiger partial charge is 0.480 e. The number of fused-ring (bicyclic) bond motifs is 3. The third-order valence-corrected chi connectivity index (χ3v) is 5.87. The molecule has 2 N–H and O–H groups in total. The summed E-state index contributed by atoms with van der Waals surface area (Å²) in [5.41, 5.74) is 4.34. The van der Waals surface area contributed by atoms with Crippen molar-refractivity contribution in [3.63, 3.8) is 0 Å². The van der Waals surface area contributed by atoms with Gasteiger partial charge in [0.25, 0.3) is 0 Å². The fourth-order valence-corrected chi connectivity index (χ4v) is 4.25. The molecule has 3 aromatic rings. The number of hydrogen-bond acceptors (Lipinski definition) is 6. The van der Waals surface area contributed by atoms with Crippen LogP contribution >= 0.6 is 0 Å². The van der Waals surface area contributed by atoms with Crippen LogP contribution in [0.25, 0.3) is 11.1 Å². The summed E-state index contributed by atoms with van der Waals surface area (Å²) in [6.45, 7) is 5.35. The molecule has 0 radical (unpaired) electrons. The lowest BCUT2D eigenvalue weighted by Crippen LogP contribution is -2.41. The van der Waals surface area contributed by atoms with E-state index in [4.69, 9.17) is 9.47 Å². The van der Waals surface area contributed by atoms with Crippen molar-refractivity contribution in [2.75, 3.05) is 6.61 Å². The van der Waals surface area contributed by atoms with Crippen molar-refractivity contribution in [1.82, 2.24) is 15.1 Å². The van der Waals surface area contributed by atoms with E-state index in [0.29, 0.717) is 5.56 Å². The van der Waals surface area contributed by atoms with Crippen LogP contribution in [0.3, 0.4) is 0 Å². The minimum absolute atomic E-state index is 0.0921. The number of aromatic nitrogens is 2. The lowest BCUT2D eigenvalue weighted by molar-refractivity contribution is -0.139. The average molecular weight is 492 g/mol. The number of rotatable bonds is 7. The van der Waals surface area contributed by atoms with Gasteiger partial charge in [-0.25, -0.2) is 14.4 Å². The third-order valence-electron chi connectivity index (χ3n) is 5.87. The van der Waals surface area contributed by atoms with Crippen molar-refractivity contribution in [3.05, 3.63) is 77.6 Å². The molecule has 0 saturated carbocycles. The Morgan fingerprint density at radius 2 is 1.67 bits per heavy atom. The number of ether oxygens (including phenoxy) is 2. The Morgan fingerprint density at radius 3 is 2.25 bits per heavy atom. The number of hydrogen-bond donors (Lipinski definition) is 2. The SMILES string of the molecule is CC(C)(C)OC(=O)n1cc(CCC(NC(=O)OCC2c3ccccc3-c3ccccc32)C(=O)O)cn1. The Kier molecular flexibility index (Phi) is 7.10. The maximum atomic E-state index is 12.5. The quantitative estimate of drug-likeness (QED) is 0.496. The van der Waals surface area contributed by atoms with Crippen molar-refractivity contribution >= 4 is 18.2 Å². The summed E-state index contributed by atoms with van der Waals surface area (Å²) in [6, 6.07) is 14.8. The van der Waals surface area contributed by atoms with E-state index in [-0.39, 0.29) is 25.4 Å². The molecule has 0 bridgehead atoms. The second kappa shape index (κ2) is 10.2. The molecule has 1 unspecified atom stereocenters. The van der Waals surface area contributed by atoms with Crippen molar-refractivity contribution in [3.8, 4) is 11.1 Å². The fraction of sp³-hybridized carbons (Fsp3) is 0.333. The monoisotopic (exact) mass is 491 g/mol. The highest BCUT2D eigenvalue weighted by molar-refractivity contribution is 5.81. The van der Waals surface area contributed by atoms with Crippen molar-refractivity contribution in [2.24, 2.45) is 0 Å². The lowest BCUT2D eigenvalue weighted by Gasteiger charge is -2.18. The molecular formula is C27H29N3O6. The normalized spacial score (nSPS) is 13.4. The Labute approximate surface area is 209 Å². The van der Waals surface area contributed by atoms with E-state index in [9.17, 15) is 19.5 Å². The predicted molar refractivity (Wildman–Crippen MR) is 132 cm³/mol. The summed E-state index contributed by atoms with van der Waals surface area (Å²) in [6.07, 6.45) is 1.91. The van der Waals surface area contributed by atoms with Gasteiger partial charge in [0.15, 0.2) is 0 Å². The van der Waals surface area contributed by atoms with E-state index in [2.05, 4.69) is 10.4 Å². The first-order valence-corrected chi connectivity index (χ1v) is 11.7. The number of benzene rings is 2. The van der Waals surface area contributed by atoms with Crippen LogP contribution in [-0.2, 0) is 20.7 Å². The Hall–Kier alpha value is -4.14. The summed E-state index contributed by atoms with van der Waals surface area (Å²) in [7, 11) is 0. The Balaban J connectivity index is 1.33. The number of aryl methyl sites for hydroxylation is 1. The van der Waals surface area contributed by atoms with Crippen LogP contribution < -0.4 is 5.32 Å². The van der Waals surface area contributed by atoms with Gasteiger partial charge in [0.05, 0.1) is 6.20 Å². The standard InChI is InChI=1S/C27H29N3O6/c1-27(2,3)36-26(34)30-15-17(14-28-30)12-13-23(24(31)32)29-25(33)35-16-22-20-10-6-4-8-18(20)19-9-5-7-11-21(19)22/h4-11,14-15,22-23H,12-13,16H2,1-3H3,(H,29,33)(H,31,32). The zero-order valence-electron chi connectivity index (χ0n) is 20.4. The maximum Gasteiger partial charge on any atom is 0.435 e. The molecule has 1 aliphatic rings. The molecule has 0 fully saturated rings. The van der Waals surface area contributed by atoms with Gasteiger partial charge >= 0.3 is 18.2 Å². The smallest absolute Gasteiger partial charge is 0.435 e. The zero-order chi connectivity index (χ0) is 25.9. The molecule has 9 nitrogen and oxygen atoms in total. The first kappa shape index (κ1) is 25.0. The number of carboxylic acids is 1. The number of carbonyl (C=O) groups excluding carboxylic acids is 2. The van der Waals surface area contributed by atoms with E-state index < -0.39 is 29.8 Å². The minimum Gasteiger partial charge on any atom is -0.480 e. The van der Waals surface area contributed by atoms with Crippen LogP contribution in [0.4, 0.5) is 9.59 Å². The highest BCUT2D eigenvalue weighted by Gasteiger charge is 2.30. The molecule has 9 heteroatoms. The predicted octanol–water partition coefficient (Wildman–Crippen LogP) is 4.59. The first-order valence-electron chi connectivity index (χ1n) is 11.7. The number of nitrogens with zero attached hydrogens (tertiary/aromatic N) is 2. The van der Waals surface area contributed by atoms with Crippen molar-refractivity contribution < 1.29 is 29.0 Å². The summed E-state index contributed by atoms with van der Waals surface area (Å²) < 4.78 is 11.8. The van der Waals surface area contributed by atoms with Crippen LogP contribution in [0.5, 0.6) is 0 Å². The van der Waals surface area contributed by atoms with Gasteiger partial charge in [-0.05, 0) is 61.4 Å². The zero-order valence-corrected chi connectivity index (χ0v) is 20.4. The van der Waals surface area contributed by atoms with Gasteiger partial charge in [0, 0.05) is 12.1 Å². The molecular weight excluding hydrogens is 462 g/mol. The Bertz CT molecular complexity index is 1230. The molecule has 1 heterocycles. The molecule has 1 aromatic heterocycles. The van der Waals surface area contributed by atoms with Crippen LogP contribution in [0.1, 0.15) is 49.8 Å². The number of nitrogens with one attached hydrogen (secondary N) is 1. The molecule has 1 amide bonds. The summed E-state index contributed by atoms with van der Waals surface area (Å²) in [4.78, 5) is 36.4. The Morgan fingerprint density at radius 1 is 1.06 bits per heavy atom. The minimum atomic E-state index is -1.18. The lowest BCUT2D eigenvalue weighted by atomic mass is 9.98. The van der Waals surface area contributed by atoms with E-state index in [1.807, 2.05) is 48.5 Å². The van der Waals surface area contributed by atoms with Gasteiger partial charge in [-0.2, -0.15) is 9.78 Å². The molecule has 0 aliphatic heterocycles. The summed E-state index contributed by atoms with van der Waals surface area (Å²) in [5, 5.41) is 16.0. The molecule has 36 heavy (non-hydrogen) atoms. The van der Waals surface area contributed by atoms with Gasteiger partial charge in [-0.15, -0.1) is 0 Å². The van der Waals surface area contributed by atoms with Crippen LogP contribution in [0.15, 0.2) is 60.9 Å². The fourth-order valence-electron chi connectivity index (χ4n) is 4.25. The van der Waals surface area contributed by atoms with Gasteiger partial charge < -0.3 is 19.9 Å². The number of aliphatic carboxylic acids is 1. The summed E-state index contributed by atoms with van der Waals surface area (Å²) >= 11 is 0. The molecule has 1 atom stereocenters. The highest BCUT2D eigenvalue weighted by Crippen LogP contribution is 2.44.